The van der Waals surface area contributed by atoms with E-state index in [4.69, 9.17) is 4.74 Å². The van der Waals surface area contributed by atoms with Crippen LogP contribution in [0.1, 0.15) is 19.8 Å². The first-order valence-corrected chi connectivity index (χ1v) is 4.85. The monoisotopic (exact) mass is 184 g/mol. The van der Waals surface area contributed by atoms with E-state index >= 15 is 0 Å². The first kappa shape index (κ1) is 8.97. The molecular weight excluding hydrogens is 168 g/mol. The van der Waals surface area contributed by atoms with Crippen molar-refractivity contribution >= 4 is 5.91 Å². The third kappa shape index (κ3) is 1.69. The Morgan fingerprint density at radius 1 is 1.62 bits per heavy atom. The number of carbonyl (C=O) groups is 1. The topological polar surface area (TPSA) is 50.4 Å². The molecule has 2 heterocycles. The fourth-order valence-corrected chi connectivity index (χ4v) is 2.09. The maximum atomic E-state index is 11.2. The molecule has 4 nitrogen and oxygen atoms in total. The van der Waals surface area contributed by atoms with Crippen LogP contribution in [-0.4, -0.2) is 37.2 Å². The van der Waals surface area contributed by atoms with Crippen molar-refractivity contribution in [2.75, 3.05) is 19.8 Å². The first-order valence-electron chi connectivity index (χ1n) is 4.85. The van der Waals surface area contributed by atoms with Gasteiger partial charge in [0.1, 0.15) is 0 Å². The Labute approximate surface area is 78.0 Å². The van der Waals surface area contributed by atoms with Gasteiger partial charge in [-0.15, -0.1) is 0 Å². The predicted octanol–water partition coefficient (Wildman–Crippen LogP) is -0.356. The van der Waals surface area contributed by atoms with Gasteiger partial charge in [-0.05, 0) is 19.8 Å². The number of hydrogen-bond donors (Lipinski definition) is 2. The van der Waals surface area contributed by atoms with E-state index in [2.05, 4.69) is 10.6 Å². The molecule has 2 atom stereocenters. The van der Waals surface area contributed by atoms with E-state index in [1.165, 1.54) is 0 Å². The van der Waals surface area contributed by atoms with E-state index in [-0.39, 0.29) is 17.5 Å². The number of amides is 1. The van der Waals surface area contributed by atoms with E-state index in [9.17, 15) is 4.79 Å². The lowest BCUT2D eigenvalue weighted by molar-refractivity contribution is -0.127. The van der Waals surface area contributed by atoms with Gasteiger partial charge in [-0.2, -0.15) is 0 Å². The van der Waals surface area contributed by atoms with Gasteiger partial charge in [0.15, 0.2) is 0 Å². The fraction of sp³-hybridized carbons (Fsp3) is 0.889. The Morgan fingerprint density at radius 3 is 3.08 bits per heavy atom. The summed E-state index contributed by atoms with van der Waals surface area (Å²) in [5.41, 5.74) is 0.00553. The lowest BCUT2D eigenvalue weighted by Gasteiger charge is -2.43. The minimum atomic E-state index is -0.0875. The molecule has 2 saturated heterocycles. The van der Waals surface area contributed by atoms with E-state index in [0.717, 1.165) is 26.1 Å². The highest BCUT2D eigenvalue weighted by Gasteiger charge is 2.39. The first-order chi connectivity index (χ1) is 6.22. The van der Waals surface area contributed by atoms with Gasteiger partial charge in [0, 0.05) is 13.2 Å². The molecule has 0 aromatic heterocycles. The highest BCUT2D eigenvalue weighted by molar-refractivity contribution is 5.82. The third-order valence-corrected chi connectivity index (χ3v) is 2.84. The van der Waals surface area contributed by atoms with Gasteiger partial charge in [0.2, 0.25) is 5.91 Å². The number of rotatable bonds is 0. The molecule has 4 heteroatoms. The second-order valence-corrected chi connectivity index (χ2v) is 4.02. The normalized spacial score (nSPS) is 40.4. The zero-order valence-corrected chi connectivity index (χ0v) is 7.93. The van der Waals surface area contributed by atoms with Gasteiger partial charge in [0.05, 0.1) is 18.2 Å². The summed E-state index contributed by atoms with van der Waals surface area (Å²) in [6, 6.07) is -0.0875. The zero-order chi connectivity index (χ0) is 9.31. The van der Waals surface area contributed by atoms with Crippen molar-refractivity contribution in [3.8, 4) is 0 Å². The quantitative estimate of drug-likeness (QED) is 0.540. The Morgan fingerprint density at radius 2 is 2.46 bits per heavy atom. The van der Waals surface area contributed by atoms with E-state index in [1.54, 1.807) is 0 Å². The van der Waals surface area contributed by atoms with Gasteiger partial charge < -0.3 is 10.1 Å². The van der Waals surface area contributed by atoms with Crippen LogP contribution in [0.3, 0.4) is 0 Å². The Bertz CT molecular complexity index is 212. The van der Waals surface area contributed by atoms with Crippen LogP contribution in [0.25, 0.3) is 0 Å². The number of ether oxygens (including phenoxy) is 1. The van der Waals surface area contributed by atoms with Crippen LogP contribution in [0.4, 0.5) is 0 Å². The van der Waals surface area contributed by atoms with Gasteiger partial charge in [-0.25, -0.2) is 0 Å². The molecule has 2 aliphatic rings. The second-order valence-electron chi connectivity index (χ2n) is 4.02. The molecule has 2 aliphatic heterocycles. The molecular formula is C9H16N2O2. The lowest BCUT2D eigenvalue weighted by atomic mass is 9.89. The highest BCUT2D eigenvalue weighted by Crippen LogP contribution is 2.21. The average molecular weight is 184 g/mol. The summed E-state index contributed by atoms with van der Waals surface area (Å²) in [7, 11) is 0. The molecule has 0 saturated carbocycles. The maximum Gasteiger partial charge on any atom is 0.236 e. The fourth-order valence-electron chi connectivity index (χ4n) is 2.09. The van der Waals surface area contributed by atoms with Gasteiger partial charge in [-0.1, -0.05) is 0 Å². The Hall–Kier alpha value is -0.610. The molecule has 0 aromatic rings. The lowest BCUT2D eigenvalue weighted by Crippen LogP contribution is -2.68. The van der Waals surface area contributed by atoms with Crippen molar-refractivity contribution in [3.63, 3.8) is 0 Å². The smallest absolute Gasteiger partial charge is 0.236 e. The van der Waals surface area contributed by atoms with Crippen molar-refractivity contribution in [3.05, 3.63) is 0 Å². The maximum absolute atomic E-state index is 11.2. The standard InChI is InChI=1S/C9H16N2O2/c1-7-8(12)10-5-9(11-7)3-2-4-13-6-9/h7,11H,2-6H2,1H3,(H,10,12)/t7-,9?/m0/s1. The molecule has 0 aromatic carbocycles. The van der Waals surface area contributed by atoms with Gasteiger partial charge in [0.25, 0.3) is 0 Å². The van der Waals surface area contributed by atoms with E-state index < -0.39 is 0 Å². The number of carbonyl (C=O) groups excluding carboxylic acids is 1. The minimum absolute atomic E-state index is 0.00553. The van der Waals surface area contributed by atoms with Gasteiger partial charge in [-0.3, -0.25) is 10.1 Å². The molecule has 1 unspecified atom stereocenters. The molecule has 2 rings (SSSR count). The summed E-state index contributed by atoms with van der Waals surface area (Å²) < 4.78 is 5.43. The molecule has 13 heavy (non-hydrogen) atoms. The van der Waals surface area contributed by atoms with Crippen LogP contribution < -0.4 is 10.6 Å². The van der Waals surface area contributed by atoms with Crippen LogP contribution in [0.15, 0.2) is 0 Å². The second kappa shape index (κ2) is 3.27. The summed E-state index contributed by atoms with van der Waals surface area (Å²) in [5.74, 6) is 0.0937. The number of hydrogen-bond acceptors (Lipinski definition) is 3. The summed E-state index contributed by atoms with van der Waals surface area (Å²) in [4.78, 5) is 11.2. The average Bonchev–Trinajstić information content (AvgIpc) is 2.14. The molecule has 2 fully saturated rings. The zero-order valence-electron chi connectivity index (χ0n) is 7.93. The molecule has 0 bridgehead atoms. The van der Waals surface area contributed by atoms with Crippen LogP contribution in [-0.2, 0) is 9.53 Å². The van der Waals surface area contributed by atoms with Crippen LogP contribution in [0.5, 0.6) is 0 Å². The van der Waals surface area contributed by atoms with Crippen molar-refractivity contribution in [1.82, 2.24) is 10.6 Å². The van der Waals surface area contributed by atoms with Gasteiger partial charge >= 0.3 is 0 Å². The summed E-state index contributed by atoms with van der Waals surface area (Å²) in [5, 5.41) is 6.26. The summed E-state index contributed by atoms with van der Waals surface area (Å²) in [6.07, 6.45) is 2.17. The number of piperazine rings is 1. The van der Waals surface area contributed by atoms with Crippen LogP contribution in [0.2, 0.25) is 0 Å². The molecule has 1 amide bonds. The van der Waals surface area contributed by atoms with Crippen molar-refractivity contribution < 1.29 is 9.53 Å². The molecule has 0 radical (unpaired) electrons. The highest BCUT2D eigenvalue weighted by atomic mass is 16.5. The van der Waals surface area contributed by atoms with Crippen LogP contribution >= 0.6 is 0 Å². The molecule has 1 spiro atoms. The molecule has 2 N–H and O–H groups in total. The van der Waals surface area contributed by atoms with Crippen molar-refractivity contribution in [1.29, 1.82) is 0 Å². The van der Waals surface area contributed by atoms with Crippen molar-refractivity contribution in [2.24, 2.45) is 0 Å². The largest absolute Gasteiger partial charge is 0.379 e. The SMILES string of the molecule is C[C@@H]1NC2(CCCOC2)CNC1=O. The predicted molar refractivity (Wildman–Crippen MR) is 48.4 cm³/mol. The van der Waals surface area contributed by atoms with E-state index in [0.29, 0.717) is 6.54 Å². The number of nitrogens with one attached hydrogen (secondary N) is 2. The Kier molecular flexibility index (Phi) is 2.26. The molecule has 74 valence electrons. The third-order valence-electron chi connectivity index (χ3n) is 2.84. The molecule has 0 aliphatic carbocycles. The minimum Gasteiger partial charge on any atom is -0.379 e. The summed E-state index contributed by atoms with van der Waals surface area (Å²) >= 11 is 0. The van der Waals surface area contributed by atoms with Crippen LogP contribution in [0, 0.1) is 0 Å². The Balaban J connectivity index is 2.02. The summed E-state index contributed by atoms with van der Waals surface area (Å²) in [6.45, 7) is 4.17. The van der Waals surface area contributed by atoms with E-state index in [1.807, 2.05) is 6.92 Å². The van der Waals surface area contributed by atoms with Crippen molar-refractivity contribution in [2.45, 2.75) is 31.3 Å².